The third-order valence-corrected chi connectivity index (χ3v) is 5.24. The molecule has 0 atom stereocenters. The highest BCUT2D eigenvalue weighted by molar-refractivity contribution is 6.03. The number of hydrazone groups is 1. The molecule has 7 nitrogen and oxygen atoms in total. The summed E-state index contributed by atoms with van der Waals surface area (Å²) in [4.78, 5) is 12.5. The Labute approximate surface area is 192 Å². The first-order valence-corrected chi connectivity index (χ1v) is 10.8. The number of aromatic hydroxyl groups is 1. The highest BCUT2D eigenvalue weighted by Gasteiger charge is 2.11. The van der Waals surface area contributed by atoms with Gasteiger partial charge in [-0.3, -0.25) is 9.89 Å². The molecule has 33 heavy (non-hydrogen) atoms. The van der Waals surface area contributed by atoms with E-state index in [1.54, 1.807) is 12.1 Å². The van der Waals surface area contributed by atoms with Crippen molar-refractivity contribution in [1.82, 2.24) is 15.6 Å². The lowest BCUT2D eigenvalue weighted by molar-refractivity contribution is 0.0950. The highest BCUT2D eigenvalue weighted by atomic mass is 16.5. The van der Waals surface area contributed by atoms with Gasteiger partial charge in [0.05, 0.1) is 18.5 Å². The Morgan fingerprint density at radius 3 is 2.73 bits per heavy atom. The van der Waals surface area contributed by atoms with E-state index in [1.165, 1.54) is 6.21 Å². The number of aromatic nitrogens is 2. The Balaban J connectivity index is 1.40. The van der Waals surface area contributed by atoms with E-state index < -0.39 is 5.91 Å². The minimum absolute atomic E-state index is 0.0900. The van der Waals surface area contributed by atoms with Gasteiger partial charge in [-0.15, -0.1) is 0 Å². The summed E-state index contributed by atoms with van der Waals surface area (Å²) in [6.45, 7) is 5.01. The first-order chi connectivity index (χ1) is 16.0. The van der Waals surface area contributed by atoms with E-state index in [4.69, 9.17) is 4.74 Å². The zero-order chi connectivity index (χ0) is 23.2. The number of amides is 1. The highest BCUT2D eigenvalue weighted by Crippen LogP contribution is 2.25. The second-order valence-corrected chi connectivity index (χ2v) is 8.14. The summed E-state index contributed by atoms with van der Waals surface area (Å²) < 4.78 is 5.74. The fourth-order valence-electron chi connectivity index (χ4n) is 3.36. The van der Waals surface area contributed by atoms with E-state index in [0.717, 1.165) is 28.5 Å². The van der Waals surface area contributed by atoms with Gasteiger partial charge < -0.3 is 9.84 Å². The molecule has 3 aromatic carbocycles. The van der Waals surface area contributed by atoms with E-state index in [9.17, 15) is 9.90 Å². The minimum Gasteiger partial charge on any atom is -0.507 e. The summed E-state index contributed by atoms with van der Waals surface area (Å²) in [5.41, 5.74) is 4.80. The second kappa shape index (κ2) is 9.99. The SMILES string of the molecule is CC(C)CCOc1ccc(-c2cc(C(=O)NN=Cc3c(O)ccc4ccccc34)[nH]n2)cc1. The number of hydrogen-bond acceptors (Lipinski definition) is 5. The maximum atomic E-state index is 12.5. The van der Waals surface area contributed by atoms with E-state index in [0.29, 0.717) is 23.8 Å². The van der Waals surface area contributed by atoms with Crippen molar-refractivity contribution in [2.24, 2.45) is 11.0 Å². The number of rotatable bonds is 8. The van der Waals surface area contributed by atoms with Crippen molar-refractivity contribution in [2.75, 3.05) is 6.61 Å². The van der Waals surface area contributed by atoms with Crippen LogP contribution in [0.5, 0.6) is 11.5 Å². The first kappa shape index (κ1) is 22.1. The Hall–Kier alpha value is -4.13. The van der Waals surface area contributed by atoms with Gasteiger partial charge in [-0.05, 0) is 59.5 Å². The summed E-state index contributed by atoms with van der Waals surface area (Å²) in [6.07, 6.45) is 2.44. The molecule has 1 heterocycles. The molecule has 4 rings (SSSR count). The van der Waals surface area contributed by atoms with Gasteiger partial charge in [-0.2, -0.15) is 10.2 Å². The predicted octanol–water partition coefficient (Wildman–Crippen LogP) is 5.12. The molecule has 168 valence electrons. The normalized spacial score (nSPS) is 11.4. The number of fused-ring (bicyclic) bond motifs is 1. The van der Waals surface area contributed by atoms with E-state index >= 15 is 0 Å². The van der Waals surface area contributed by atoms with Gasteiger partial charge in [-0.25, -0.2) is 5.43 Å². The van der Waals surface area contributed by atoms with Gasteiger partial charge in [-0.1, -0.05) is 44.2 Å². The largest absolute Gasteiger partial charge is 0.507 e. The fraction of sp³-hybridized carbons (Fsp3) is 0.192. The molecule has 7 heteroatoms. The van der Waals surface area contributed by atoms with Gasteiger partial charge >= 0.3 is 0 Å². The maximum absolute atomic E-state index is 12.5. The first-order valence-electron chi connectivity index (χ1n) is 10.8. The topological polar surface area (TPSA) is 99.6 Å². The molecular formula is C26H26N4O3. The molecule has 0 aliphatic rings. The van der Waals surface area contributed by atoms with E-state index in [1.807, 2.05) is 54.6 Å². The maximum Gasteiger partial charge on any atom is 0.289 e. The Morgan fingerprint density at radius 2 is 1.94 bits per heavy atom. The summed E-state index contributed by atoms with van der Waals surface area (Å²) in [6, 6.07) is 20.3. The molecule has 0 aliphatic carbocycles. The van der Waals surface area contributed by atoms with Crippen LogP contribution in [0, 0.1) is 5.92 Å². The average Bonchev–Trinajstić information content (AvgIpc) is 3.31. The van der Waals surface area contributed by atoms with Crippen LogP contribution in [0.25, 0.3) is 22.0 Å². The van der Waals surface area contributed by atoms with Gasteiger partial charge in [0.25, 0.3) is 5.91 Å². The van der Waals surface area contributed by atoms with Crippen LogP contribution in [0.3, 0.4) is 0 Å². The van der Waals surface area contributed by atoms with Crippen LogP contribution in [0.1, 0.15) is 36.3 Å². The summed E-state index contributed by atoms with van der Waals surface area (Å²) in [5, 5.41) is 23.0. The van der Waals surface area contributed by atoms with Gasteiger partial charge in [0.1, 0.15) is 17.2 Å². The smallest absolute Gasteiger partial charge is 0.289 e. The van der Waals surface area contributed by atoms with Crippen molar-refractivity contribution in [3.05, 3.63) is 78.0 Å². The van der Waals surface area contributed by atoms with Gasteiger partial charge in [0.2, 0.25) is 0 Å². The van der Waals surface area contributed by atoms with Crippen molar-refractivity contribution in [3.8, 4) is 22.8 Å². The van der Waals surface area contributed by atoms with Crippen molar-refractivity contribution < 1.29 is 14.6 Å². The molecule has 0 fully saturated rings. The molecule has 0 saturated carbocycles. The van der Waals surface area contributed by atoms with E-state index in [2.05, 4.69) is 34.6 Å². The molecule has 1 aromatic heterocycles. The number of phenols is 1. The minimum atomic E-state index is -0.432. The number of phenolic OH excluding ortho intramolecular Hbond substituents is 1. The molecule has 0 bridgehead atoms. The molecule has 0 saturated heterocycles. The molecule has 0 aliphatic heterocycles. The van der Waals surface area contributed by atoms with Crippen LogP contribution in [-0.2, 0) is 0 Å². The number of ether oxygens (including phenoxy) is 1. The van der Waals surface area contributed by atoms with Crippen molar-refractivity contribution in [2.45, 2.75) is 20.3 Å². The third-order valence-electron chi connectivity index (χ3n) is 5.24. The predicted molar refractivity (Wildman–Crippen MR) is 130 cm³/mol. The number of H-pyrrole nitrogens is 1. The third kappa shape index (κ3) is 5.38. The number of benzene rings is 3. The lowest BCUT2D eigenvalue weighted by Crippen LogP contribution is -2.18. The van der Waals surface area contributed by atoms with Crippen molar-refractivity contribution >= 4 is 22.9 Å². The molecular weight excluding hydrogens is 416 g/mol. The Kier molecular flexibility index (Phi) is 6.69. The number of nitrogens with one attached hydrogen (secondary N) is 2. The van der Waals surface area contributed by atoms with Crippen LogP contribution in [-0.4, -0.2) is 34.0 Å². The van der Waals surface area contributed by atoms with Crippen molar-refractivity contribution in [3.63, 3.8) is 0 Å². The zero-order valence-electron chi connectivity index (χ0n) is 18.6. The summed E-state index contributed by atoms with van der Waals surface area (Å²) >= 11 is 0. The van der Waals surface area contributed by atoms with Crippen LogP contribution >= 0.6 is 0 Å². The Morgan fingerprint density at radius 1 is 1.15 bits per heavy atom. The molecule has 1 amide bonds. The van der Waals surface area contributed by atoms with Crippen LogP contribution in [0.15, 0.2) is 71.8 Å². The second-order valence-electron chi connectivity index (χ2n) is 8.14. The molecule has 0 unspecified atom stereocenters. The number of carbonyl (C=O) groups excluding carboxylic acids is 1. The summed E-state index contributed by atoms with van der Waals surface area (Å²) in [5.74, 6) is 1.06. The lowest BCUT2D eigenvalue weighted by atomic mass is 10.0. The van der Waals surface area contributed by atoms with Crippen LogP contribution in [0.4, 0.5) is 0 Å². The standard InChI is InChI=1S/C26H26N4O3/c1-17(2)13-14-33-20-10-7-19(8-11-20)23-15-24(29-28-23)26(32)30-27-16-22-21-6-4-3-5-18(21)9-12-25(22)31/h3-12,15-17,31H,13-14H2,1-2H3,(H,28,29)(H,30,32). The molecule has 4 aromatic rings. The van der Waals surface area contributed by atoms with Crippen LogP contribution in [0.2, 0.25) is 0 Å². The average molecular weight is 443 g/mol. The van der Waals surface area contributed by atoms with Crippen LogP contribution < -0.4 is 10.2 Å². The quantitative estimate of drug-likeness (QED) is 0.260. The monoisotopic (exact) mass is 442 g/mol. The summed E-state index contributed by atoms with van der Waals surface area (Å²) in [7, 11) is 0. The lowest BCUT2D eigenvalue weighted by Gasteiger charge is -2.08. The fourth-order valence-corrected chi connectivity index (χ4v) is 3.36. The van der Waals surface area contributed by atoms with Gasteiger partial charge in [0, 0.05) is 11.1 Å². The number of hydrogen-bond donors (Lipinski definition) is 3. The zero-order valence-corrected chi connectivity index (χ0v) is 18.6. The molecule has 0 spiro atoms. The van der Waals surface area contributed by atoms with E-state index in [-0.39, 0.29) is 11.4 Å². The van der Waals surface area contributed by atoms with Gasteiger partial charge in [0.15, 0.2) is 0 Å². The van der Waals surface area contributed by atoms with Crippen molar-refractivity contribution in [1.29, 1.82) is 0 Å². The number of aromatic amines is 1. The molecule has 0 radical (unpaired) electrons. The molecule has 3 N–H and O–H groups in total. The number of nitrogens with zero attached hydrogens (tertiary/aromatic N) is 2. The Bertz CT molecular complexity index is 1280. The number of carbonyl (C=O) groups is 1.